The van der Waals surface area contributed by atoms with Crippen molar-refractivity contribution in [3.63, 3.8) is 0 Å². The van der Waals surface area contributed by atoms with Crippen LogP contribution in [0.5, 0.6) is 5.75 Å². The van der Waals surface area contributed by atoms with Crippen LogP contribution in [-0.2, 0) is 4.74 Å². The average molecular weight is 311 g/mol. The zero-order chi connectivity index (χ0) is 15.6. The Labute approximate surface area is 132 Å². The second-order valence-electron chi connectivity index (χ2n) is 5.66. The monoisotopic (exact) mass is 311 g/mol. The summed E-state index contributed by atoms with van der Waals surface area (Å²) in [5.74, 6) is 1.23. The minimum atomic E-state index is -0.208. The van der Waals surface area contributed by atoms with E-state index in [4.69, 9.17) is 9.47 Å². The fourth-order valence-electron chi connectivity index (χ4n) is 2.86. The van der Waals surface area contributed by atoms with Gasteiger partial charge >= 0.3 is 0 Å². The van der Waals surface area contributed by atoms with E-state index in [2.05, 4.69) is 9.97 Å². The van der Waals surface area contributed by atoms with Crippen molar-refractivity contribution in [3.05, 3.63) is 53.2 Å². The van der Waals surface area contributed by atoms with Gasteiger partial charge in [0.2, 0.25) is 5.65 Å². The highest BCUT2D eigenvalue weighted by Gasteiger charge is 2.18. The van der Waals surface area contributed by atoms with E-state index in [0.29, 0.717) is 18.2 Å². The molecule has 0 bridgehead atoms. The Balaban J connectivity index is 1.70. The first-order valence-corrected chi connectivity index (χ1v) is 7.67. The lowest BCUT2D eigenvalue weighted by molar-refractivity contribution is 0.167. The maximum atomic E-state index is 11.8. The molecule has 0 saturated carbocycles. The molecule has 6 nitrogen and oxygen atoms in total. The second-order valence-corrected chi connectivity index (χ2v) is 5.66. The molecule has 23 heavy (non-hydrogen) atoms. The van der Waals surface area contributed by atoms with E-state index in [1.54, 1.807) is 23.0 Å². The van der Waals surface area contributed by atoms with Gasteiger partial charge in [0, 0.05) is 30.5 Å². The van der Waals surface area contributed by atoms with Crippen molar-refractivity contribution >= 4 is 5.65 Å². The largest absolute Gasteiger partial charge is 0.493 e. The van der Waals surface area contributed by atoms with Crippen molar-refractivity contribution in [3.8, 4) is 17.0 Å². The van der Waals surface area contributed by atoms with Gasteiger partial charge in [-0.1, -0.05) is 12.1 Å². The third kappa shape index (κ3) is 2.61. The predicted octanol–water partition coefficient (Wildman–Crippen LogP) is 2.10. The number of nitrogens with zero attached hydrogens (tertiary/aromatic N) is 2. The smallest absolute Gasteiger partial charge is 0.291 e. The van der Waals surface area contributed by atoms with Gasteiger partial charge in [-0.05, 0) is 18.6 Å². The van der Waals surface area contributed by atoms with E-state index in [-0.39, 0.29) is 5.56 Å². The van der Waals surface area contributed by atoms with Gasteiger partial charge in [0.15, 0.2) is 0 Å². The third-order valence-corrected chi connectivity index (χ3v) is 4.10. The van der Waals surface area contributed by atoms with Crippen LogP contribution >= 0.6 is 0 Å². The molecule has 0 radical (unpaired) electrons. The summed E-state index contributed by atoms with van der Waals surface area (Å²) in [6.45, 7) is 2.20. The topological polar surface area (TPSA) is 68.6 Å². The minimum absolute atomic E-state index is 0.208. The summed E-state index contributed by atoms with van der Waals surface area (Å²) >= 11 is 0. The number of nitrogens with one attached hydrogen (secondary N) is 1. The van der Waals surface area contributed by atoms with Crippen LogP contribution < -0.4 is 10.3 Å². The quantitative estimate of drug-likeness (QED) is 0.801. The summed E-state index contributed by atoms with van der Waals surface area (Å²) in [6.07, 6.45) is 6.14. The summed E-state index contributed by atoms with van der Waals surface area (Å²) in [4.78, 5) is 18.7. The molecule has 118 valence electrons. The number of H-pyrrole nitrogens is 1. The minimum Gasteiger partial charge on any atom is -0.493 e. The number of aromatic amines is 1. The zero-order valence-corrected chi connectivity index (χ0v) is 12.6. The number of hydrogen-bond donors (Lipinski definition) is 1. The Bertz CT molecular complexity index is 878. The number of aromatic nitrogens is 3. The molecule has 1 N–H and O–H groups in total. The van der Waals surface area contributed by atoms with Gasteiger partial charge in [-0.3, -0.25) is 9.20 Å². The second kappa shape index (κ2) is 5.89. The van der Waals surface area contributed by atoms with Crippen LogP contribution in [0.1, 0.15) is 6.42 Å². The molecule has 1 atom stereocenters. The van der Waals surface area contributed by atoms with Crippen LogP contribution in [-0.4, -0.2) is 34.2 Å². The molecule has 1 aliphatic rings. The lowest BCUT2D eigenvalue weighted by Gasteiger charge is -2.13. The van der Waals surface area contributed by atoms with Gasteiger partial charge in [0.05, 0.1) is 25.1 Å². The highest BCUT2D eigenvalue weighted by Crippen LogP contribution is 2.30. The molecule has 1 fully saturated rings. The standard InChI is InChI=1S/C17H17N3O3/c21-17-16-19-9-14(20(16)7-6-18-17)13-3-1-2-4-15(13)23-11-12-5-8-22-10-12/h1-4,6-7,9,12H,5,8,10-11H2,(H,18,21). The maximum Gasteiger partial charge on any atom is 0.291 e. The summed E-state index contributed by atoms with van der Waals surface area (Å²) in [7, 11) is 0. The lowest BCUT2D eigenvalue weighted by atomic mass is 10.1. The SMILES string of the molecule is O=c1[nH]ccn2c(-c3ccccc3OCC3CCOC3)cnc12. The zero-order valence-electron chi connectivity index (χ0n) is 12.6. The Hall–Kier alpha value is -2.60. The number of imidazole rings is 1. The van der Waals surface area contributed by atoms with Crippen molar-refractivity contribution in [1.29, 1.82) is 0 Å². The molecule has 1 aliphatic heterocycles. The van der Waals surface area contributed by atoms with E-state index in [9.17, 15) is 4.79 Å². The van der Waals surface area contributed by atoms with E-state index >= 15 is 0 Å². The van der Waals surface area contributed by atoms with Crippen LogP contribution in [0.2, 0.25) is 0 Å². The summed E-state index contributed by atoms with van der Waals surface area (Å²) in [6, 6.07) is 7.82. The van der Waals surface area contributed by atoms with Crippen LogP contribution in [0.15, 0.2) is 47.7 Å². The van der Waals surface area contributed by atoms with Gasteiger partial charge in [-0.2, -0.15) is 0 Å². The molecule has 1 saturated heterocycles. The molecule has 6 heteroatoms. The van der Waals surface area contributed by atoms with Crippen molar-refractivity contribution < 1.29 is 9.47 Å². The number of benzene rings is 1. The van der Waals surface area contributed by atoms with E-state index in [0.717, 1.165) is 36.6 Å². The molecule has 3 heterocycles. The molecule has 3 aromatic rings. The first kappa shape index (κ1) is 14.0. The Morgan fingerprint density at radius 1 is 1.39 bits per heavy atom. The molecular weight excluding hydrogens is 294 g/mol. The molecule has 1 unspecified atom stereocenters. The normalized spacial score (nSPS) is 17.7. The van der Waals surface area contributed by atoms with E-state index in [1.807, 2.05) is 24.3 Å². The van der Waals surface area contributed by atoms with Gasteiger partial charge < -0.3 is 14.5 Å². The third-order valence-electron chi connectivity index (χ3n) is 4.10. The molecule has 0 amide bonds. The van der Waals surface area contributed by atoms with E-state index < -0.39 is 0 Å². The molecule has 0 aliphatic carbocycles. The number of hydrogen-bond acceptors (Lipinski definition) is 4. The predicted molar refractivity (Wildman–Crippen MR) is 85.7 cm³/mol. The maximum absolute atomic E-state index is 11.8. The van der Waals surface area contributed by atoms with Crippen molar-refractivity contribution in [2.24, 2.45) is 5.92 Å². The van der Waals surface area contributed by atoms with Gasteiger partial charge in [-0.25, -0.2) is 4.98 Å². The van der Waals surface area contributed by atoms with Crippen LogP contribution in [0, 0.1) is 5.92 Å². The van der Waals surface area contributed by atoms with Gasteiger partial charge in [0.1, 0.15) is 5.75 Å². The van der Waals surface area contributed by atoms with Crippen LogP contribution in [0.4, 0.5) is 0 Å². The molecule has 1 aromatic carbocycles. The molecule has 2 aromatic heterocycles. The lowest BCUT2D eigenvalue weighted by Crippen LogP contribution is -2.12. The Morgan fingerprint density at radius 3 is 3.17 bits per heavy atom. The Kier molecular flexibility index (Phi) is 3.59. The fourth-order valence-corrected chi connectivity index (χ4v) is 2.86. The summed E-state index contributed by atoms with van der Waals surface area (Å²) < 4.78 is 13.2. The number of ether oxygens (including phenoxy) is 2. The number of rotatable bonds is 4. The highest BCUT2D eigenvalue weighted by atomic mass is 16.5. The van der Waals surface area contributed by atoms with E-state index in [1.165, 1.54) is 0 Å². The highest BCUT2D eigenvalue weighted by molar-refractivity contribution is 5.69. The van der Waals surface area contributed by atoms with Crippen LogP contribution in [0.25, 0.3) is 16.9 Å². The molecule has 0 spiro atoms. The van der Waals surface area contributed by atoms with Gasteiger partial charge in [-0.15, -0.1) is 0 Å². The number of para-hydroxylation sites is 1. The first-order chi connectivity index (χ1) is 11.3. The average Bonchev–Trinajstić information content (AvgIpc) is 3.23. The first-order valence-electron chi connectivity index (χ1n) is 7.67. The Morgan fingerprint density at radius 2 is 2.30 bits per heavy atom. The summed E-state index contributed by atoms with van der Waals surface area (Å²) in [5, 5.41) is 0. The van der Waals surface area contributed by atoms with Crippen molar-refractivity contribution in [1.82, 2.24) is 14.4 Å². The number of fused-ring (bicyclic) bond motifs is 1. The van der Waals surface area contributed by atoms with Crippen molar-refractivity contribution in [2.45, 2.75) is 6.42 Å². The molecule has 4 rings (SSSR count). The summed E-state index contributed by atoms with van der Waals surface area (Å²) in [5.41, 5.74) is 1.93. The van der Waals surface area contributed by atoms with Crippen LogP contribution in [0.3, 0.4) is 0 Å². The van der Waals surface area contributed by atoms with Crippen molar-refractivity contribution in [2.75, 3.05) is 19.8 Å². The fraction of sp³-hybridized carbons (Fsp3) is 0.294. The molecular formula is C17H17N3O3. The van der Waals surface area contributed by atoms with Gasteiger partial charge in [0.25, 0.3) is 5.56 Å².